The molecular weight excluding hydrogens is 232 g/mol. The zero-order valence-corrected chi connectivity index (χ0v) is 11.0. The van der Waals surface area contributed by atoms with E-state index in [0.717, 1.165) is 23.1 Å². The second-order valence-electron chi connectivity index (χ2n) is 4.56. The standard InChI is InChI=1S/C14H17ClN2/c1-3-14(2,10-15)17-13-9-8-11-6-4-5-7-12(11)16-13/h4-9H,3,10H2,1-2H3,(H,16,17). The molecule has 2 rings (SSSR count). The minimum Gasteiger partial charge on any atom is -0.364 e. The number of aromatic nitrogens is 1. The number of alkyl halides is 1. The van der Waals surface area contributed by atoms with Gasteiger partial charge in [-0.25, -0.2) is 4.98 Å². The predicted octanol–water partition coefficient (Wildman–Crippen LogP) is 4.05. The van der Waals surface area contributed by atoms with Gasteiger partial charge in [0.05, 0.1) is 5.52 Å². The van der Waals surface area contributed by atoms with Gasteiger partial charge in [0.2, 0.25) is 0 Å². The van der Waals surface area contributed by atoms with Crippen LogP contribution in [-0.4, -0.2) is 16.4 Å². The third kappa shape index (κ3) is 2.70. The fourth-order valence-corrected chi connectivity index (χ4v) is 1.92. The first-order valence-corrected chi connectivity index (χ1v) is 6.40. The number of nitrogens with zero attached hydrogens (tertiary/aromatic N) is 1. The minimum atomic E-state index is -0.100. The van der Waals surface area contributed by atoms with Crippen LogP contribution in [0.5, 0.6) is 0 Å². The van der Waals surface area contributed by atoms with E-state index in [0.29, 0.717) is 5.88 Å². The largest absolute Gasteiger partial charge is 0.364 e. The zero-order valence-electron chi connectivity index (χ0n) is 10.2. The number of anilines is 1. The molecule has 0 aliphatic carbocycles. The van der Waals surface area contributed by atoms with Crippen LogP contribution in [0.25, 0.3) is 10.9 Å². The summed E-state index contributed by atoms with van der Waals surface area (Å²) >= 11 is 5.99. The third-order valence-electron chi connectivity index (χ3n) is 3.10. The lowest BCUT2D eigenvalue weighted by atomic mass is 10.0. The Morgan fingerprint density at radius 2 is 2.00 bits per heavy atom. The van der Waals surface area contributed by atoms with E-state index in [2.05, 4.69) is 36.3 Å². The summed E-state index contributed by atoms with van der Waals surface area (Å²) in [5, 5.41) is 4.56. The minimum absolute atomic E-state index is 0.100. The summed E-state index contributed by atoms with van der Waals surface area (Å²) in [5.41, 5.74) is 0.905. The van der Waals surface area contributed by atoms with Gasteiger partial charge in [0.1, 0.15) is 5.82 Å². The molecule has 0 aliphatic heterocycles. The van der Waals surface area contributed by atoms with Crippen molar-refractivity contribution in [3.8, 4) is 0 Å². The van der Waals surface area contributed by atoms with Crippen molar-refractivity contribution in [3.63, 3.8) is 0 Å². The number of hydrogen-bond acceptors (Lipinski definition) is 2. The Morgan fingerprint density at radius 1 is 1.24 bits per heavy atom. The van der Waals surface area contributed by atoms with Crippen molar-refractivity contribution in [1.82, 2.24) is 4.98 Å². The van der Waals surface area contributed by atoms with E-state index in [9.17, 15) is 0 Å². The molecule has 1 atom stereocenters. The van der Waals surface area contributed by atoms with E-state index < -0.39 is 0 Å². The molecular formula is C14H17ClN2. The maximum absolute atomic E-state index is 5.99. The Bertz CT molecular complexity index is 506. The van der Waals surface area contributed by atoms with Crippen LogP contribution in [0.1, 0.15) is 20.3 Å². The summed E-state index contributed by atoms with van der Waals surface area (Å²) in [6.45, 7) is 4.23. The Balaban J connectivity index is 2.31. The normalized spacial score (nSPS) is 14.5. The number of para-hydroxylation sites is 1. The molecule has 1 N–H and O–H groups in total. The molecule has 0 bridgehead atoms. The van der Waals surface area contributed by atoms with Gasteiger partial charge in [0.15, 0.2) is 0 Å². The highest BCUT2D eigenvalue weighted by atomic mass is 35.5. The Labute approximate surface area is 107 Å². The van der Waals surface area contributed by atoms with Crippen LogP contribution in [0.2, 0.25) is 0 Å². The molecule has 0 radical (unpaired) electrons. The fraction of sp³-hybridized carbons (Fsp3) is 0.357. The van der Waals surface area contributed by atoms with Gasteiger partial charge in [-0.2, -0.15) is 0 Å². The smallest absolute Gasteiger partial charge is 0.127 e. The number of rotatable bonds is 4. The summed E-state index contributed by atoms with van der Waals surface area (Å²) in [5.74, 6) is 1.45. The molecule has 1 unspecified atom stereocenters. The van der Waals surface area contributed by atoms with Gasteiger partial charge in [-0.15, -0.1) is 11.6 Å². The van der Waals surface area contributed by atoms with Crippen LogP contribution >= 0.6 is 11.6 Å². The summed E-state index contributed by atoms with van der Waals surface area (Å²) in [4.78, 5) is 4.59. The molecule has 0 saturated heterocycles. The summed E-state index contributed by atoms with van der Waals surface area (Å²) in [7, 11) is 0. The quantitative estimate of drug-likeness (QED) is 0.826. The SMILES string of the molecule is CCC(C)(CCl)Nc1ccc2ccccc2n1. The van der Waals surface area contributed by atoms with Crippen molar-refractivity contribution < 1.29 is 0 Å². The molecule has 0 saturated carbocycles. The Kier molecular flexibility index (Phi) is 3.53. The second kappa shape index (κ2) is 4.92. The zero-order chi connectivity index (χ0) is 12.3. The first-order chi connectivity index (χ1) is 8.17. The van der Waals surface area contributed by atoms with Gasteiger partial charge in [0, 0.05) is 16.8 Å². The fourth-order valence-electron chi connectivity index (χ4n) is 1.66. The monoisotopic (exact) mass is 248 g/mol. The average molecular weight is 249 g/mol. The van der Waals surface area contributed by atoms with Crippen LogP contribution in [0.15, 0.2) is 36.4 Å². The molecule has 90 valence electrons. The number of benzene rings is 1. The van der Waals surface area contributed by atoms with Crippen LogP contribution in [0.3, 0.4) is 0 Å². The van der Waals surface area contributed by atoms with Crippen molar-refractivity contribution in [2.24, 2.45) is 0 Å². The van der Waals surface area contributed by atoms with Crippen LogP contribution in [0, 0.1) is 0 Å². The highest BCUT2D eigenvalue weighted by Crippen LogP contribution is 2.21. The second-order valence-corrected chi connectivity index (χ2v) is 4.83. The van der Waals surface area contributed by atoms with Crippen LogP contribution in [-0.2, 0) is 0 Å². The van der Waals surface area contributed by atoms with Gasteiger partial charge in [-0.3, -0.25) is 0 Å². The van der Waals surface area contributed by atoms with E-state index in [1.807, 2.05) is 24.3 Å². The van der Waals surface area contributed by atoms with E-state index in [1.54, 1.807) is 0 Å². The number of halogens is 1. The van der Waals surface area contributed by atoms with Gasteiger partial charge in [-0.1, -0.05) is 25.1 Å². The maximum atomic E-state index is 5.99. The molecule has 17 heavy (non-hydrogen) atoms. The molecule has 3 heteroatoms. The van der Waals surface area contributed by atoms with Gasteiger partial charge < -0.3 is 5.32 Å². The lowest BCUT2D eigenvalue weighted by molar-refractivity contribution is 0.552. The first-order valence-electron chi connectivity index (χ1n) is 5.87. The highest BCUT2D eigenvalue weighted by Gasteiger charge is 2.20. The third-order valence-corrected chi connectivity index (χ3v) is 3.69. The average Bonchev–Trinajstić information content (AvgIpc) is 2.38. The molecule has 1 heterocycles. The van der Waals surface area contributed by atoms with Crippen molar-refractivity contribution >= 4 is 28.3 Å². The lowest BCUT2D eigenvalue weighted by Gasteiger charge is -2.27. The number of nitrogens with one attached hydrogen (secondary N) is 1. The summed E-state index contributed by atoms with van der Waals surface area (Å²) in [6.07, 6.45) is 0.963. The van der Waals surface area contributed by atoms with Gasteiger partial charge >= 0.3 is 0 Å². The molecule has 0 amide bonds. The van der Waals surface area contributed by atoms with Crippen molar-refractivity contribution in [3.05, 3.63) is 36.4 Å². The molecule has 1 aromatic carbocycles. The Hall–Kier alpha value is -1.28. The highest BCUT2D eigenvalue weighted by molar-refractivity contribution is 6.18. The summed E-state index contributed by atoms with van der Waals surface area (Å²) in [6, 6.07) is 12.2. The van der Waals surface area contributed by atoms with Crippen LogP contribution in [0.4, 0.5) is 5.82 Å². The molecule has 0 spiro atoms. The molecule has 0 aliphatic rings. The lowest BCUT2D eigenvalue weighted by Crippen LogP contribution is -2.36. The molecule has 2 aromatic rings. The van der Waals surface area contributed by atoms with Crippen molar-refractivity contribution in [1.29, 1.82) is 0 Å². The first kappa shape index (κ1) is 12.2. The van der Waals surface area contributed by atoms with Crippen molar-refractivity contribution in [2.75, 3.05) is 11.2 Å². The van der Waals surface area contributed by atoms with E-state index >= 15 is 0 Å². The van der Waals surface area contributed by atoms with Crippen molar-refractivity contribution in [2.45, 2.75) is 25.8 Å². The number of pyridine rings is 1. The Morgan fingerprint density at radius 3 is 2.71 bits per heavy atom. The van der Waals surface area contributed by atoms with E-state index in [4.69, 9.17) is 11.6 Å². The van der Waals surface area contributed by atoms with Crippen LogP contribution < -0.4 is 5.32 Å². The van der Waals surface area contributed by atoms with E-state index in [-0.39, 0.29) is 5.54 Å². The maximum Gasteiger partial charge on any atom is 0.127 e. The number of fused-ring (bicyclic) bond motifs is 1. The molecule has 0 fully saturated rings. The predicted molar refractivity (Wildman–Crippen MR) is 74.8 cm³/mol. The van der Waals surface area contributed by atoms with Gasteiger partial charge in [-0.05, 0) is 31.5 Å². The van der Waals surface area contributed by atoms with Gasteiger partial charge in [0.25, 0.3) is 0 Å². The number of hydrogen-bond donors (Lipinski definition) is 1. The summed E-state index contributed by atoms with van der Waals surface area (Å²) < 4.78 is 0. The van der Waals surface area contributed by atoms with E-state index in [1.165, 1.54) is 0 Å². The topological polar surface area (TPSA) is 24.9 Å². The molecule has 2 nitrogen and oxygen atoms in total. The molecule has 1 aromatic heterocycles.